The Morgan fingerprint density at radius 3 is 1.81 bits per heavy atom. The lowest BCUT2D eigenvalue weighted by Gasteiger charge is -2.26. The number of benzene rings is 9. The first-order valence-electron chi connectivity index (χ1n) is 19.6. The van der Waals surface area contributed by atoms with Gasteiger partial charge in [0.25, 0.3) is 0 Å². The van der Waals surface area contributed by atoms with E-state index in [9.17, 15) is 0 Å². The Morgan fingerprint density at radius 2 is 0.966 bits per heavy atom. The molecule has 0 unspecified atom stereocenters. The zero-order valence-electron chi connectivity index (χ0n) is 31.2. The molecule has 0 aliphatic heterocycles. The third-order valence-electron chi connectivity index (χ3n) is 11.5. The summed E-state index contributed by atoms with van der Waals surface area (Å²) in [7, 11) is 0. The van der Waals surface area contributed by atoms with Crippen LogP contribution in [0.5, 0.6) is 0 Å². The van der Waals surface area contributed by atoms with Gasteiger partial charge in [0.15, 0.2) is 5.58 Å². The van der Waals surface area contributed by atoms with Gasteiger partial charge in [0.1, 0.15) is 16.7 Å². The predicted octanol–water partition coefficient (Wildman–Crippen LogP) is 16.3. The van der Waals surface area contributed by atoms with Gasteiger partial charge < -0.3 is 13.7 Å². The summed E-state index contributed by atoms with van der Waals surface area (Å²) in [6, 6.07) is 71.2. The van der Waals surface area contributed by atoms with Crippen LogP contribution in [0.2, 0.25) is 0 Å². The van der Waals surface area contributed by atoms with Gasteiger partial charge in [0.05, 0.1) is 5.69 Å². The van der Waals surface area contributed by atoms with E-state index in [1.807, 2.05) is 17.4 Å². The van der Waals surface area contributed by atoms with Crippen LogP contribution in [0.3, 0.4) is 0 Å². The van der Waals surface area contributed by atoms with E-state index in [2.05, 4.69) is 199 Å². The molecule has 0 aliphatic carbocycles. The molecule has 3 nitrogen and oxygen atoms in total. The van der Waals surface area contributed by atoms with E-state index in [1.54, 1.807) is 0 Å². The molecule has 0 saturated carbocycles. The van der Waals surface area contributed by atoms with Gasteiger partial charge in [-0.05, 0) is 82.4 Å². The van der Waals surface area contributed by atoms with E-state index in [0.717, 1.165) is 77.6 Å². The number of thiophene rings is 1. The largest absolute Gasteiger partial charge is 0.455 e. The Balaban J connectivity index is 1.08. The number of hydrogen-bond donors (Lipinski definition) is 0. The van der Waals surface area contributed by atoms with Crippen LogP contribution in [0.4, 0.5) is 17.1 Å². The number of nitrogens with zero attached hydrogens (tertiary/aromatic N) is 1. The van der Waals surface area contributed by atoms with Gasteiger partial charge in [-0.3, -0.25) is 0 Å². The molecule has 272 valence electrons. The summed E-state index contributed by atoms with van der Waals surface area (Å²) >= 11 is 1.82. The predicted molar refractivity (Wildman–Crippen MR) is 245 cm³/mol. The minimum Gasteiger partial charge on any atom is -0.455 e. The Labute approximate surface area is 338 Å². The van der Waals surface area contributed by atoms with Crippen molar-refractivity contribution in [2.45, 2.75) is 0 Å². The Kier molecular flexibility index (Phi) is 7.40. The van der Waals surface area contributed by atoms with E-state index in [1.165, 1.54) is 36.9 Å². The molecule has 0 saturated heterocycles. The maximum atomic E-state index is 7.01. The Morgan fingerprint density at radius 1 is 0.345 bits per heavy atom. The van der Waals surface area contributed by atoms with Gasteiger partial charge >= 0.3 is 0 Å². The normalized spacial score (nSPS) is 11.8. The second-order valence-electron chi connectivity index (χ2n) is 14.8. The molecule has 0 atom stereocenters. The van der Waals surface area contributed by atoms with Crippen molar-refractivity contribution >= 4 is 92.4 Å². The molecule has 12 aromatic rings. The first kappa shape index (κ1) is 32.8. The summed E-state index contributed by atoms with van der Waals surface area (Å²) in [6.45, 7) is 0. The molecule has 0 fully saturated rings. The number of furan rings is 2. The quantitative estimate of drug-likeness (QED) is 0.169. The topological polar surface area (TPSA) is 29.5 Å². The van der Waals surface area contributed by atoms with Gasteiger partial charge in [-0.25, -0.2) is 0 Å². The molecule has 58 heavy (non-hydrogen) atoms. The summed E-state index contributed by atoms with van der Waals surface area (Å²) in [6.07, 6.45) is 0. The van der Waals surface area contributed by atoms with Crippen molar-refractivity contribution in [3.63, 3.8) is 0 Å². The van der Waals surface area contributed by atoms with Crippen molar-refractivity contribution < 1.29 is 8.83 Å². The maximum absolute atomic E-state index is 7.01. The first-order chi connectivity index (χ1) is 28.8. The highest BCUT2D eigenvalue weighted by molar-refractivity contribution is 7.26. The minimum atomic E-state index is 0.844. The van der Waals surface area contributed by atoms with Crippen LogP contribution >= 0.6 is 11.3 Å². The van der Waals surface area contributed by atoms with Crippen LogP contribution in [0, 0.1) is 0 Å². The van der Waals surface area contributed by atoms with Crippen LogP contribution in [0.25, 0.3) is 97.4 Å². The monoisotopic (exact) mass is 759 g/mol. The fraction of sp³-hybridized carbons (Fsp3) is 0. The van der Waals surface area contributed by atoms with E-state index in [-0.39, 0.29) is 0 Å². The summed E-state index contributed by atoms with van der Waals surface area (Å²) < 4.78 is 16.1. The van der Waals surface area contributed by atoms with Crippen LogP contribution in [-0.4, -0.2) is 0 Å². The van der Waals surface area contributed by atoms with Crippen molar-refractivity contribution in [3.8, 4) is 33.4 Å². The molecule has 0 bridgehead atoms. The fourth-order valence-corrected chi connectivity index (χ4v) is 9.96. The number of anilines is 3. The zero-order chi connectivity index (χ0) is 38.2. The molecule has 0 spiro atoms. The Bertz CT molecular complexity index is 3500. The van der Waals surface area contributed by atoms with Gasteiger partial charge in [0, 0.05) is 58.7 Å². The highest BCUT2D eigenvalue weighted by Gasteiger charge is 2.23. The third-order valence-corrected chi connectivity index (χ3v) is 12.6. The first-order valence-corrected chi connectivity index (χ1v) is 20.4. The fourth-order valence-electron chi connectivity index (χ4n) is 8.83. The maximum Gasteiger partial charge on any atom is 0.159 e. The van der Waals surface area contributed by atoms with Gasteiger partial charge in [0.2, 0.25) is 0 Å². The van der Waals surface area contributed by atoms with Crippen LogP contribution in [0.1, 0.15) is 0 Å². The Hall–Kier alpha value is -7.40. The summed E-state index contributed by atoms with van der Waals surface area (Å²) in [4.78, 5) is 2.34. The number of fused-ring (bicyclic) bond motifs is 10. The van der Waals surface area contributed by atoms with Crippen molar-refractivity contribution in [2.75, 3.05) is 4.90 Å². The van der Waals surface area contributed by atoms with E-state index < -0.39 is 0 Å². The van der Waals surface area contributed by atoms with Gasteiger partial charge in [-0.1, -0.05) is 146 Å². The molecule has 4 heteroatoms. The highest BCUT2D eigenvalue weighted by atomic mass is 32.1. The van der Waals surface area contributed by atoms with E-state index >= 15 is 0 Å². The molecule has 0 N–H and O–H groups in total. The van der Waals surface area contributed by atoms with Crippen molar-refractivity contribution in [3.05, 3.63) is 200 Å². The van der Waals surface area contributed by atoms with Gasteiger partial charge in [-0.2, -0.15) is 0 Å². The molecule has 0 aliphatic rings. The molecule has 3 heterocycles. The molecular formula is C54H33NO2S. The van der Waals surface area contributed by atoms with Gasteiger partial charge in [-0.15, -0.1) is 11.3 Å². The van der Waals surface area contributed by atoms with E-state index in [4.69, 9.17) is 8.83 Å². The molecular weight excluding hydrogens is 727 g/mol. The lowest BCUT2D eigenvalue weighted by atomic mass is 9.97. The molecule has 0 amide bonds. The lowest BCUT2D eigenvalue weighted by molar-refractivity contribution is 0.670. The van der Waals surface area contributed by atoms with Crippen LogP contribution in [-0.2, 0) is 0 Å². The van der Waals surface area contributed by atoms with E-state index in [0.29, 0.717) is 0 Å². The SMILES string of the molecule is c1ccc(-c2ccc(N(c3cccc(-c4cccc5sc6ccc7c8ccccc8oc7c6c45)c3)c3cccc4c3oc3c(-c5ccccc5)cccc34)cc2)cc1. The number of rotatable bonds is 6. The molecule has 9 aromatic carbocycles. The standard InChI is InChI=1S/C54H33NO2S/c1-3-13-34(14-4-1)35-27-29-38(30-28-35)55(46-24-11-23-44-43-22-10-21-41(52(43)57-53(44)46)36-15-5-2-6-16-36)39-18-9-17-37(33-39)40-20-12-26-48-50(40)51-49(58-48)32-31-45-42-19-7-8-25-47(42)56-54(45)51/h1-33H. The summed E-state index contributed by atoms with van der Waals surface area (Å²) in [5.74, 6) is 0. The minimum absolute atomic E-state index is 0.844. The van der Waals surface area contributed by atoms with Crippen molar-refractivity contribution in [1.82, 2.24) is 0 Å². The third kappa shape index (κ3) is 5.12. The van der Waals surface area contributed by atoms with Crippen molar-refractivity contribution in [1.29, 1.82) is 0 Å². The summed E-state index contributed by atoms with van der Waals surface area (Å²) in [5, 5.41) is 6.85. The zero-order valence-corrected chi connectivity index (χ0v) is 32.0. The highest BCUT2D eigenvalue weighted by Crippen LogP contribution is 2.48. The van der Waals surface area contributed by atoms with Crippen LogP contribution in [0.15, 0.2) is 209 Å². The van der Waals surface area contributed by atoms with Crippen LogP contribution < -0.4 is 4.90 Å². The van der Waals surface area contributed by atoms with Crippen molar-refractivity contribution in [2.24, 2.45) is 0 Å². The lowest BCUT2D eigenvalue weighted by Crippen LogP contribution is -2.10. The number of hydrogen-bond acceptors (Lipinski definition) is 4. The average molecular weight is 760 g/mol. The molecule has 3 aromatic heterocycles. The molecule has 12 rings (SSSR count). The average Bonchev–Trinajstić information content (AvgIpc) is 3.99. The smallest absolute Gasteiger partial charge is 0.159 e. The second kappa shape index (κ2) is 13.1. The second-order valence-corrected chi connectivity index (χ2v) is 15.9. The molecule has 0 radical (unpaired) electrons. The summed E-state index contributed by atoms with van der Waals surface area (Å²) in [5.41, 5.74) is 13.5. The number of para-hydroxylation sites is 3.